The van der Waals surface area contributed by atoms with Gasteiger partial charge in [0.05, 0.1) is 0 Å². The summed E-state index contributed by atoms with van der Waals surface area (Å²) in [6.45, 7) is 0. The van der Waals surface area contributed by atoms with Crippen LogP contribution in [0.25, 0.3) is 10.9 Å². The summed E-state index contributed by atoms with van der Waals surface area (Å²) in [5.41, 5.74) is 7.38. The van der Waals surface area contributed by atoms with Gasteiger partial charge < -0.3 is 15.4 Å². The van der Waals surface area contributed by atoms with Crippen molar-refractivity contribution in [1.82, 2.24) is 4.57 Å². The number of nitrogen functional groups attached to an aromatic ring is 1. The first-order chi connectivity index (χ1) is 6.59. The number of hydrogen-bond acceptors (Lipinski definition) is 2. The second-order valence-electron chi connectivity index (χ2n) is 3.21. The molecule has 1 heterocycles. The molecule has 0 spiro atoms. The Bertz CT molecular complexity index is 514. The molecule has 0 fully saturated rings. The van der Waals surface area contributed by atoms with Crippen molar-refractivity contribution in [3.05, 3.63) is 30.0 Å². The van der Waals surface area contributed by atoms with Gasteiger partial charge in [-0.25, -0.2) is 4.79 Å². The number of aromatic carboxylic acids is 1. The Kier molecular flexibility index (Phi) is 1.70. The number of carboxylic acid groups (broad SMARTS) is 1. The molecule has 0 amide bonds. The smallest absolute Gasteiger partial charge is 0.352 e. The van der Waals surface area contributed by atoms with Gasteiger partial charge in [-0.05, 0) is 24.3 Å². The van der Waals surface area contributed by atoms with E-state index in [1.54, 1.807) is 29.8 Å². The zero-order chi connectivity index (χ0) is 10.3. The van der Waals surface area contributed by atoms with Crippen molar-refractivity contribution in [3.63, 3.8) is 0 Å². The monoisotopic (exact) mass is 190 g/mol. The minimum atomic E-state index is -0.928. The average Bonchev–Trinajstić information content (AvgIpc) is 2.43. The van der Waals surface area contributed by atoms with E-state index < -0.39 is 5.97 Å². The number of fused-ring (bicyclic) bond motifs is 1. The summed E-state index contributed by atoms with van der Waals surface area (Å²) in [5, 5.41) is 9.74. The standard InChI is InChI=1S/C10H10N2O2/c1-12-8-3-2-7(11)4-6(8)5-9(12)10(13)14/h2-5H,11H2,1H3,(H,13,14). The van der Waals surface area contributed by atoms with Gasteiger partial charge in [0.15, 0.2) is 0 Å². The fourth-order valence-corrected chi connectivity index (χ4v) is 1.57. The molecule has 0 aliphatic rings. The van der Waals surface area contributed by atoms with Crippen LogP contribution in [-0.2, 0) is 7.05 Å². The maximum Gasteiger partial charge on any atom is 0.352 e. The van der Waals surface area contributed by atoms with Crippen LogP contribution in [0.3, 0.4) is 0 Å². The number of aromatic nitrogens is 1. The Morgan fingerprint density at radius 3 is 2.79 bits per heavy atom. The highest BCUT2D eigenvalue weighted by atomic mass is 16.4. The van der Waals surface area contributed by atoms with E-state index in [4.69, 9.17) is 10.8 Å². The Labute approximate surface area is 80.6 Å². The molecule has 0 saturated carbocycles. The summed E-state index contributed by atoms with van der Waals surface area (Å²) in [6.07, 6.45) is 0. The van der Waals surface area contributed by atoms with Crippen molar-refractivity contribution in [2.45, 2.75) is 0 Å². The summed E-state index contributed by atoms with van der Waals surface area (Å²) in [5.74, 6) is -0.928. The van der Waals surface area contributed by atoms with Gasteiger partial charge in [0.1, 0.15) is 5.69 Å². The topological polar surface area (TPSA) is 68.2 Å². The first-order valence-electron chi connectivity index (χ1n) is 4.18. The third kappa shape index (κ3) is 1.12. The molecule has 1 aromatic heterocycles. The van der Waals surface area contributed by atoms with Crippen molar-refractivity contribution in [2.75, 3.05) is 5.73 Å². The van der Waals surface area contributed by atoms with Crippen LogP contribution in [0.1, 0.15) is 10.5 Å². The molecule has 1 aromatic carbocycles. The van der Waals surface area contributed by atoms with Crippen LogP contribution in [0, 0.1) is 0 Å². The maximum absolute atomic E-state index is 10.8. The average molecular weight is 190 g/mol. The lowest BCUT2D eigenvalue weighted by molar-refractivity contribution is 0.0687. The Hall–Kier alpha value is -1.97. The zero-order valence-electron chi connectivity index (χ0n) is 7.69. The van der Waals surface area contributed by atoms with Gasteiger partial charge in [-0.15, -0.1) is 0 Å². The van der Waals surface area contributed by atoms with Gasteiger partial charge >= 0.3 is 5.97 Å². The molecule has 2 rings (SSSR count). The molecule has 0 radical (unpaired) electrons. The van der Waals surface area contributed by atoms with Gasteiger partial charge in [-0.3, -0.25) is 0 Å². The molecule has 3 N–H and O–H groups in total. The molecule has 0 unspecified atom stereocenters. The van der Waals surface area contributed by atoms with E-state index in [2.05, 4.69) is 0 Å². The molecule has 14 heavy (non-hydrogen) atoms. The highest BCUT2D eigenvalue weighted by molar-refractivity contribution is 5.95. The van der Waals surface area contributed by atoms with Crippen molar-refractivity contribution in [2.24, 2.45) is 7.05 Å². The molecular weight excluding hydrogens is 180 g/mol. The van der Waals surface area contributed by atoms with E-state index in [1.165, 1.54) is 0 Å². The second kappa shape index (κ2) is 2.77. The number of nitrogens with zero attached hydrogens (tertiary/aromatic N) is 1. The minimum absolute atomic E-state index is 0.269. The Morgan fingerprint density at radius 1 is 1.43 bits per heavy atom. The third-order valence-corrected chi connectivity index (χ3v) is 2.29. The van der Waals surface area contributed by atoms with E-state index in [9.17, 15) is 4.79 Å². The van der Waals surface area contributed by atoms with Crippen LogP contribution >= 0.6 is 0 Å². The van der Waals surface area contributed by atoms with Gasteiger partial charge in [0.25, 0.3) is 0 Å². The number of hydrogen-bond donors (Lipinski definition) is 2. The van der Waals surface area contributed by atoms with Gasteiger partial charge in [0, 0.05) is 23.6 Å². The highest BCUT2D eigenvalue weighted by Gasteiger charge is 2.11. The maximum atomic E-state index is 10.8. The predicted octanol–water partition coefficient (Wildman–Crippen LogP) is 1.46. The number of anilines is 1. The van der Waals surface area contributed by atoms with Crippen LogP contribution in [0.5, 0.6) is 0 Å². The molecule has 0 aliphatic heterocycles. The predicted molar refractivity (Wildman–Crippen MR) is 54.3 cm³/mol. The van der Waals surface area contributed by atoms with E-state index >= 15 is 0 Å². The van der Waals surface area contributed by atoms with Gasteiger partial charge in [0.2, 0.25) is 0 Å². The first kappa shape index (κ1) is 8.62. The Balaban J connectivity index is 2.79. The number of nitrogens with two attached hydrogens (primary N) is 1. The summed E-state index contributed by atoms with van der Waals surface area (Å²) >= 11 is 0. The van der Waals surface area contributed by atoms with Crippen molar-refractivity contribution in [1.29, 1.82) is 0 Å². The molecule has 0 bridgehead atoms. The van der Waals surface area contributed by atoms with Crippen LogP contribution in [0.4, 0.5) is 5.69 Å². The summed E-state index contributed by atoms with van der Waals surface area (Å²) in [7, 11) is 1.72. The SMILES string of the molecule is Cn1c(C(=O)O)cc2cc(N)ccc21. The number of carboxylic acids is 1. The zero-order valence-corrected chi connectivity index (χ0v) is 7.69. The van der Waals surface area contributed by atoms with E-state index in [-0.39, 0.29) is 5.69 Å². The number of aryl methyl sites for hydroxylation is 1. The van der Waals surface area contributed by atoms with E-state index in [0.29, 0.717) is 5.69 Å². The van der Waals surface area contributed by atoms with Crippen LogP contribution in [0.2, 0.25) is 0 Å². The van der Waals surface area contributed by atoms with Crippen LogP contribution in [-0.4, -0.2) is 15.6 Å². The van der Waals surface area contributed by atoms with E-state index in [0.717, 1.165) is 10.9 Å². The molecule has 0 saturated heterocycles. The van der Waals surface area contributed by atoms with Gasteiger partial charge in [-0.1, -0.05) is 0 Å². The second-order valence-corrected chi connectivity index (χ2v) is 3.21. The Morgan fingerprint density at radius 2 is 2.14 bits per heavy atom. The number of rotatable bonds is 1. The molecule has 0 aliphatic carbocycles. The number of benzene rings is 1. The highest BCUT2D eigenvalue weighted by Crippen LogP contribution is 2.21. The quantitative estimate of drug-likeness (QED) is 0.669. The molecule has 72 valence electrons. The molecule has 2 aromatic rings. The molecule has 4 nitrogen and oxygen atoms in total. The molecule has 4 heteroatoms. The summed E-state index contributed by atoms with van der Waals surface area (Å²) in [6, 6.07) is 6.96. The third-order valence-electron chi connectivity index (χ3n) is 2.29. The fraction of sp³-hybridized carbons (Fsp3) is 0.100. The summed E-state index contributed by atoms with van der Waals surface area (Å²) < 4.78 is 1.64. The minimum Gasteiger partial charge on any atom is -0.477 e. The first-order valence-corrected chi connectivity index (χ1v) is 4.18. The van der Waals surface area contributed by atoms with Crippen molar-refractivity contribution in [3.8, 4) is 0 Å². The van der Waals surface area contributed by atoms with Crippen LogP contribution in [0.15, 0.2) is 24.3 Å². The van der Waals surface area contributed by atoms with Gasteiger partial charge in [-0.2, -0.15) is 0 Å². The van der Waals surface area contributed by atoms with Crippen molar-refractivity contribution >= 4 is 22.6 Å². The van der Waals surface area contributed by atoms with Crippen molar-refractivity contribution < 1.29 is 9.90 Å². The lowest BCUT2D eigenvalue weighted by Gasteiger charge is -1.98. The lowest BCUT2D eigenvalue weighted by Crippen LogP contribution is -2.03. The summed E-state index contributed by atoms with van der Waals surface area (Å²) in [4.78, 5) is 10.8. The van der Waals surface area contributed by atoms with Crippen LogP contribution < -0.4 is 5.73 Å². The normalized spacial score (nSPS) is 10.6. The number of carbonyl (C=O) groups is 1. The van der Waals surface area contributed by atoms with E-state index in [1.807, 2.05) is 6.07 Å². The molecule has 0 atom stereocenters. The molecular formula is C10H10N2O2. The fourth-order valence-electron chi connectivity index (χ4n) is 1.57. The lowest BCUT2D eigenvalue weighted by atomic mass is 10.2. The largest absolute Gasteiger partial charge is 0.477 e.